The van der Waals surface area contributed by atoms with E-state index >= 15 is 0 Å². The van der Waals surface area contributed by atoms with Gasteiger partial charge in [-0.3, -0.25) is 25.8 Å². The number of hydrogen-bond acceptors (Lipinski definition) is 5. The highest BCUT2D eigenvalue weighted by molar-refractivity contribution is 9.11. The standard InChI is InChI=1S/C23H19Br2Cl2N3O4S/c24-14-4-6-16-13(10-14)3-7-19(22(16)25)34-12-21(32)28-23(35)30-29-20(31)2-1-9-33-18-8-5-15(26)11-17(18)27/h3-8,10-11H,1-2,9,12H2,(H,29,31)(H2,28,30,32,35). The van der Waals surface area contributed by atoms with Crippen LogP contribution in [-0.4, -0.2) is 30.1 Å². The van der Waals surface area contributed by atoms with Crippen LogP contribution in [0.25, 0.3) is 10.8 Å². The highest BCUT2D eigenvalue weighted by Gasteiger charge is 2.11. The van der Waals surface area contributed by atoms with Crippen LogP contribution in [0.4, 0.5) is 0 Å². The van der Waals surface area contributed by atoms with Crippen LogP contribution in [-0.2, 0) is 9.59 Å². The van der Waals surface area contributed by atoms with Gasteiger partial charge in [0.05, 0.1) is 16.1 Å². The summed E-state index contributed by atoms with van der Waals surface area (Å²) in [4.78, 5) is 24.1. The third kappa shape index (κ3) is 8.50. The first-order valence-electron chi connectivity index (χ1n) is 10.2. The van der Waals surface area contributed by atoms with Gasteiger partial charge in [-0.2, -0.15) is 0 Å². The van der Waals surface area contributed by atoms with Crippen LogP contribution in [0.5, 0.6) is 11.5 Å². The molecule has 12 heteroatoms. The fourth-order valence-corrected chi connectivity index (χ4v) is 4.50. The molecule has 0 heterocycles. The Bertz CT molecular complexity index is 1260. The number of amides is 2. The molecule has 0 aliphatic rings. The molecule has 0 bridgehead atoms. The van der Waals surface area contributed by atoms with E-state index in [9.17, 15) is 9.59 Å². The van der Waals surface area contributed by atoms with E-state index < -0.39 is 5.91 Å². The molecule has 184 valence electrons. The number of carbonyl (C=O) groups is 2. The topological polar surface area (TPSA) is 88.7 Å². The summed E-state index contributed by atoms with van der Waals surface area (Å²) in [6, 6.07) is 14.4. The summed E-state index contributed by atoms with van der Waals surface area (Å²) >= 11 is 23.9. The summed E-state index contributed by atoms with van der Waals surface area (Å²) in [5.41, 5.74) is 4.90. The number of fused-ring (bicyclic) bond motifs is 1. The van der Waals surface area contributed by atoms with Gasteiger partial charge in [-0.25, -0.2) is 0 Å². The number of hydrazine groups is 1. The molecule has 3 rings (SSSR count). The Labute approximate surface area is 234 Å². The predicted molar refractivity (Wildman–Crippen MR) is 148 cm³/mol. The molecule has 0 saturated heterocycles. The molecule has 0 fully saturated rings. The summed E-state index contributed by atoms with van der Waals surface area (Å²) < 4.78 is 12.8. The van der Waals surface area contributed by atoms with Gasteiger partial charge in [0.15, 0.2) is 11.7 Å². The Balaban J connectivity index is 1.34. The zero-order valence-electron chi connectivity index (χ0n) is 18.0. The third-order valence-corrected chi connectivity index (χ3v) is 6.55. The van der Waals surface area contributed by atoms with Crippen molar-refractivity contribution >= 4 is 95.0 Å². The molecule has 0 radical (unpaired) electrons. The lowest BCUT2D eigenvalue weighted by atomic mass is 10.1. The normalized spacial score (nSPS) is 10.5. The maximum absolute atomic E-state index is 12.2. The maximum Gasteiger partial charge on any atom is 0.264 e. The van der Waals surface area contributed by atoms with Crippen molar-refractivity contribution in [3.8, 4) is 11.5 Å². The van der Waals surface area contributed by atoms with E-state index in [2.05, 4.69) is 48.0 Å². The van der Waals surface area contributed by atoms with Gasteiger partial charge in [-0.15, -0.1) is 0 Å². The van der Waals surface area contributed by atoms with Crippen LogP contribution in [0.3, 0.4) is 0 Å². The molecule has 3 aromatic carbocycles. The number of halogens is 4. The fourth-order valence-electron chi connectivity index (χ4n) is 2.89. The summed E-state index contributed by atoms with van der Waals surface area (Å²) in [5, 5.41) is 5.26. The second-order valence-electron chi connectivity index (χ2n) is 7.11. The van der Waals surface area contributed by atoms with Crippen molar-refractivity contribution in [1.82, 2.24) is 16.2 Å². The van der Waals surface area contributed by atoms with Crippen LogP contribution < -0.4 is 25.6 Å². The van der Waals surface area contributed by atoms with Gasteiger partial charge in [-0.1, -0.05) is 51.3 Å². The summed E-state index contributed by atoms with van der Waals surface area (Å²) in [5.74, 6) is 0.205. The zero-order valence-corrected chi connectivity index (χ0v) is 23.5. The molecular weight excluding hydrogens is 645 g/mol. The molecule has 0 aliphatic carbocycles. The Morgan fingerprint density at radius 2 is 1.69 bits per heavy atom. The predicted octanol–water partition coefficient (Wildman–Crippen LogP) is 5.93. The monoisotopic (exact) mass is 661 g/mol. The van der Waals surface area contributed by atoms with Crippen LogP contribution in [0, 0.1) is 0 Å². The van der Waals surface area contributed by atoms with Gasteiger partial charge in [0.2, 0.25) is 5.91 Å². The van der Waals surface area contributed by atoms with E-state index in [0.717, 1.165) is 19.7 Å². The van der Waals surface area contributed by atoms with Crippen molar-refractivity contribution in [2.24, 2.45) is 0 Å². The number of rotatable bonds is 8. The molecule has 35 heavy (non-hydrogen) atoms. The van der Waals surface area contributed by atoms with Crippen LogP contribution in [0.2, 0.25) is 10.0 Å². The number of nitrogens with one attached hydrogen (secondary N) is 3. The van der Waals surface area contributed by atoms with E-state index in [4.69, 9.17) is 44.9 Å². The van der Waals surface area contributed by atoms with E-state index in [1.165, 1.54) is 0 Å². The SMILES string of the molecule is O=C(CCCOc1ccc(Cl)cc1Cl)NNC(=S)NC(=O)COc1ccc2cc(Br)ccc2c1Br. The van der Waals surface area contributed by atoms with Gasteiger partial charge in [0, 0.05) is 15.9 Å². The number of hydrogen-bond donors (Lipinski definition) is 3. The molecular formula is C23H19Br2Cl2N3O4S. The average Bonchev–Trinajstić information content (AvgIpc) is 2.81. The number of thiocarbonyl (C=S) groups is 1. The van der Waals surface area contributed by atoms with Gasteiger partial charge in [0.25, 0.3) is 5.91 Å². The summed E-state index contributed by atoms with van der Waals surface area (Å²) in [6.45, 7) is 0.0237. The molecule has 0 spiro atoms. The molecule has 0 unspecified atom stereocenters. The second-order valence-corrected chi connectivity index (χ2v) is 10.1. The summed E-state index contributed by atoms with van der Waals surface area (Å²) in [7, 11) is 0. The first-order chi connectivity index (χ1) is 16.7. The van der Waals surface area contributed by atoms with Gasteiger partial charge in [0.1, 0.15) is 11.5 Å². The Morgan fingerprint density at radius 1 is 0.914 bits per heavy atom. The van der Waals surface area contributed by atoms with Crippen molar-refractivity contribution < 1.29 is 19.1 Å². The fraction of sp³-hybridized carbons (Fsp3) is 0.174. The lowest BCUT2D eigenvalue weighted by Crippen LogP contribution is -2.49. The Morgan fingerprint density at radius 3 is 2.46 bits per heavy atom. The third-order valence-electron chi connectivity index (χ3n) is 4.51. The Kier molecular flexibility index (Phi) is 10.4. The number of benzene rings is 3. The molecule has 7 nitrogen and oxygen atoms in total. The first-order valence-corrected chi connectivity index (χ1v) is 12.9. The van der Waals surface area contributed by atoms with Gasteiger partial charge >= 0.3 is 0 Å². The molecule has 2 amide bonds. The molecule has 0 aromatic heterocycles. The summed E-state index contributed by atoms with van der Waals surface area (Å²) in [6.07, 6.45) is 0.613. The average molecular weight is 664 g/mol. The van der Waals surface area contributed by atoms with Crippen molar-refractivity contribution in [2.75, 3.05) is 13.2 Å². The minimum Gasteiger partial charge on any atom is -0.492 e. The van der Waals surface area contributed by atoms with Crippen molar-refractivity contribution in [3.05, 3.63) is 67.5 Å². The van der Waals surface area contributed by atoms with Crippen LogP contribution >= 0.6 is 67.3 Å². The van der Waals surface area contributed by atoms with Crippen molar-refractivity contribution in [3.63, 3.8) is 0 Å². The van der Waals surface area contributed by atoms with Crippen molar-refractivity contribution in [2.45, 2.75) is 12.8 Å². The second kappa shape index (κ2) is 13.3. The highest BCUT2D eigenvalue weighted by atomic mass is 79.9. The minimum atomic E-state index is -0.479. The lowest BCUT2D eigenvalue weighted by Gasteiger charge is -2.13. The molecule has 0 atom stereocenters. The van der Waals surface area contributed by atoms with E-state index in [-0.39, 0.29) is 30.7 Å². The smallest absolute Gasteiger partial charge is 0.264 e. The van der Waals surface area contributed by atoms with Crippen LogP contribution in [0.15, 0.2) is 57.5 Å². The number of carbonyl (C=O) groups excluding carboxylic acids is 2. The van der Waals surface area contributed by atoms with Crippen LogP contribution in [0.1, 0.15) is 12.8 Å². The first kappa shape index (κ1) is 27.5. The van der Waals surface area contributed by atoms with E-state index in [0.29, 0.717) is 28.0 Å². The lowest BCUT2D eigenvalue weighted by molar-refractivity contribution is -0.123. The zero-order chi connectivity index (χ0) is 25.4. The Hall–Kier alpha value is -2.11. The number of ether oxygens (including phenoxy) is 2. The molecule has 3 aromatic rings. The quantitative estimate of drug-likeness (QED) is 0.157. The minimum absolute atomic E-state index is 0.0569. The molecule has 0 aliphatic heterocycles. The van der Waals surface area contributed by atoms with Gasteiger partial charge in [-0.05, 0) is 81.7 Å². The van der Waals surface area contributed by atoms with E-state index in [1.807, 2.05) is 24.3 Å². The molecule has 0 saturated carbocycles. The maximum atomic E-state index is 12.2. The molecule has 3 N–H and O–H groups in total. The van der Waals surface area contributed by atoms with Crippen molar-refractivity contribution in [1.29, 1.82) is 0 Å². The van der Waals surface area contributed by atoms with Gasteiger partial charge < -0.3 is 9.47 Å². The highest BCUT2D eigenvalue weighted by Crippen LogP contribution is 2.34. The van der Waals surface area contributed by atoms with E-state index in [1.54, 1.807) is 24.3 Å². The largest absolute Gasteiger partial charge is 0.492 e.